The molecule has 5 rings (SSSR count). The molecule has 220 valence electrons. The minimum Gasteiger partial charge on any atom is -0.477 e. The molecule has 5 N–H and O–H groups in total. The molecular weight excluding hydrogens is 605 g/mol. The minimum atomic E-state index is -1.28. The molecule has 3 aromatic rings. The Balaban J connectivity index is 1.53. The van der Waals surface area contributed by atoms with Crippen molar-refractivity contribution in [2.45, 2.75) is 35.0 Å². The maximum atomic E-state index is 13.5. The van der Waals surface area contributed by atoms with Gasteiger partial charge in [0.05, 0.1) is 11.3 Å². The van der Waals surface area contributed by atoms with Crippen molar-refractivity contribution in [3.8, 4) is 0 Å². The number of carbonyl (C=O) groups excluding carboxylic acids is 2. The molecule has 17 heteroatoms. The first-order chi connectivity index (χ1) is 20.1. The molecule has 14 nitrogen and oxygen atoms in total. The number of fused-ring (bicyclic) bond motifs is 1. The molecule has 3 atom stereocenters. The highest BCUT2D eigenvalue weighted by molar-refractivity contribution is 8.01. The molecule has 1 saturated heterocycles. The number of thiazole rings is 1. The van der Waals surface area contributed by atoms with Gasteiger partial charge in [0.15, 0.2) is 10.8 Å². The van der Waals surface area contributed by atoms with Gasteiger partial charge in [0.25, 0.3) is 11.8 Å². The number of anilines is 1. The summed E-state index contributed by atoms with van der Waals surface area (Å²) in [5.41, 5.74) is 7.22. The molecule has 0 aliphatic carbocycles. The summed E-state index contributed by atoms with van der Waals surface area (Å²) in [7, 11) is 2.99. The third-order valence-electron chi connectivity index (χ3n) is 6.70. The average Bonchev–Trinajstić information content (AvgIpc) is 3.56. The largest absolute Gasteiger partial charge is 0.477 e. The van der Waals surface area contributed by atoms with Gasteiger partial charge in [-0.15, -0.1) is 23.1 Å². The van der Waals surface area contributed by atoms with Gasteiger partial charge in [0.2, 0.25) is 0 Å². The molecular formula is C25H26N8O6S3. The van der Waals surface area contributed by atoms with Gasteiger partial charge in [-0.2, -0.15) is 0 Å². The van der Waals surface area contributed by atoms with Crippen molar-refractivity contribution in [1.82, 2.24) is 30.7 Å². The lowest BCUT2D eigenvalue weighted by atomic mass is 9.93. The number of hydrogen-bond donors (Lipinski definition) is 4. The summed E-state index contributed by atoms with van der Waals surface area (Å²) < 4.78 is 5.50. The Labute approximate surface area is 252 Å². The fourth-order valence-corrected chi connectivity index (χ4v) is 8.41. The molecule has 2 amide bonds. The van der Waals surface area contributed by atoms with Gasteiger partial charge in [-0.25, -0.2) is 9.78 Å². The Morgan fingerprint density at radius 3 is 2.64 bits per heavy atom. The molecule has 0 spiro atoms. The van der Waals surface area contributed by atoms with E-state index < -0.39 is 34.1 Å². The van der Waals surface area contributed by atoms with Crippen LogP contribution in [0.3, 0.4) is 0 Å². The van der Waals surface area contributed by atoms with Gasteiger partial charge in [-0.3, -0.25) is 24.8 Å². The molecule has 2 aliphatic heterocycles. The number of carbonyl (C=O) groups is 3. The van der Waals surface area contributed by atoms with Crippen LogP contribution < -0.4 is 16.4 Å². The summed E-state index contributed by atoms with van der Waals surface area (Å²) in [6.45, 7) is 3.53. The number of nitrogens with two attached hydrogens (primary N) is 1. The Hall–Kier alpha value is -3.93. The van der Waals surface area contributed by atoms with Crippen molar-refractivity contribution in [2.75, 3.05) is 25.6 Å². The number of oxime groups is 1. The van der Waals surface area contributed by atoms with Gasteiger partial charge < -0.3 is 25.5 Å². The predicted molar refractivity (Wildman–Crippen MR) is 157 cm³/mol. The van der Waals surface area contributed by atoms with Crippen LogP contribution in [0.4, 0.5) is 5.13 Å². The fourth-order valence-electron chi connectivity index (χ4n) is 4.95. The summed E-state index contributed by atoms with van der Waals surface area (Å²) in [5.74, 6) is -1.86. The Morgan fingerprint density at radius 1 is 1.33 bits per heavy atom. The normalized spacial score (nSPS) is 20.0. The van der Waals surface area contributed by atoms with Gasteiger partial charge >= 0.3 is 5.97 Å². The standard InChI is InChI=1S/C25H26N8O6S3/c1-11-16(12(2)39-31-11)25(27-3,42-13-5-7-28-8-6-13)14-9-40-22-18(21(35)33(22)19(14)23(36)37)30-20(34)17(32-38-4)15-10-41-24(26)29-15/h5-8,10,18,22,27H,9H2,1-4H3,(H2,26,29)(H,30,34)(H,36,37)/b32-17-/t18-,22-,25?/m1/s1. The van der Waals surface area contributed by atoms with Crippen LogP contribution in [0.5, 0.6) is 0 Å². The number of hydrogen-bond acceptors (Lipinski definition) is 14. The summed E-state index contributed by atoms with van der Waals surface area (Å²) in [6.07, 6.45) is 3.28. The number of β-lactam (4-membered cyclic amide) rings is 1. The number of nitrogens with zero attached hydrogens (tertiary/aromatic N) is 5. The molecule has 3 aromatic heterocycles. The number of carboxylic acids is 1. The zero-order chi connectivity index (χ0) is 30.2. The number of thioether (sulfide) groups is 2. The van der Waals surface area contributed by atoms with Gasteiger partial charge in [-0.05, 0) is 33.0 Å². The van der Waals surface area contributed by atoms with Crippen LogP contribution in [0.25, 0.3) is 0 Å². The highest BCUT2D eigenvalue weighted by Crippen LogP contribution is 2.53. The monoisotopic (exact) mass is 630 g/mol. The molecule has 0 radical (unpaired) electrons. The zero-order valence-corrected chi connectivity index (χ0v) is 25.2. The van der Waals surface area contributed by atoms with Crippen molar-refractivity contribution >= 4 is 63.5 Å². The van der Waals surface area contributed by atoms with Crippen LogP contribution in [-0.2, 0) is 24.1 Å². The first-order valence-electron chi connectivity index (χ1n) is 12.4. The molecule has 0 bridgehead atoms. The number of aryl methyl sites for hydroxylation is 2. The fraction of sp³-hybridized carbons (Fsp3) is 0.320. The first kappa shape index (κ1) is 29.6. The number of aromatic nitrogens is 3. The second-order valence-electron chi connectivity index (χ2n) is 9.10. The van der Waals surface area contributed by atoms with E-state index in [0.29, 0.717) is 22.6 Å². The first-order valence-corrected chi connectivity index (χ1v) is 15.1. The number of carboxylic acid groups (broad SMARTS) is 1. The van der Waals surface area contributed by atoms with Crippen molar-refractivity contribution in [3.63, 3.8) is 0 Å². The van der Waals surface area contributed by atoms with Gasteiger partial charge in [0, 0.05) is 34.0 Å². The van der Waals surface area contributed by atoms with E-state index in [4.69, 9.17) is 15.1 Å². The zero-order valence-electron chi connectivity index (χ0n) is 22.8. The lowest BCUT2D eigenvalue weighted by Crippen LogP contribution is -2.71. The molecule has 2 aliphatic rings. The molecule has 1 unspecified atom stereocenters. The van der Waals surface area contributed by atoms with Crippen LogP contribution in [0.2, 0.25) is 0 Å². The third-order valence-corrected chi connectivity index (χ3v) is 10.1. The van der Waals surface area contributed by atoms with Crippen molar-refractivity contribution in [3.05, 3.63) is 63.9 Å². The van der Waals surface area contributed by atoms with Gasteiger partial charge in [-0.1, -0.05) is 22.1 Å². The maximum Gasteiger partial charge on any atom is 0.352 e. The highest BCUT2D eigenvalue weighted by Gasteiger charge is 2.57. The smallest absolute Gasteiger partial charge is 0.352 e. The van der Waals surface area contributed by atoms with Crippen LogP contribution in [-0.4, -0.2) is 80.0 Å². The Kier molecular flexibility index (Phi) is 8.27. The van der Waals surface area contributed by atoms with Crippen molar-refractivity contribution in [2.24, 2.45) is 5.16 Å². The quantitative estimate of drug-likeness (QED) is 0.0830. The number of nitrogen functional groups attached to an aromatic ring is 1. The maximum absolute atomic E-state index is 13.5. The SMILES string of the molecule is CNC(Sc1ccncc1)(C1=C(C(=O)O)N2C(=O)[C@@H](NC(=O)/C(=N\OC)c3csc(N)n3)[C@H]2SC1)c1c(C)noc1C. The van der Waals surface area contributed by atoms with E-state index in [-0.39, 0.29) is 28.0 Å². The third kappa shape index (κ3) is 5.01. The van der Waals surface area contributed by atoms with E-state index in [1.54, 1.807) is 38.7 Å². The minimum absolute atomic E-state index is 0.159. The topological polar surface area (TPSA) is 198 Å². The van der Waals surface area contributed by atoms with E-state index in [1.165, 1.54) is 35.5 Å². The van der Waals surface area contributed by atoms with Crippen LogP contribution in [0, 0.1) is 13.8 Å². The lowest BCUT2D eigenvalue weighted by Gasteiger charge is -2.51. The Morgan fingerprint density at radius 2 is 2.07 bits per heavy atom. The Bertz CT molecular complexity index is 1590. The summed E-state index contributed by atoms with van der Waals surface area (Å²) in [6, 6.07) is 2.61. The average molecular weight is 631 g/mol. The second kappa shape index (κ2) is 11.7. The second-order valence-corrected chi connectivity index (χ2v) is 12.4. The number of likely N-dealkylation sites (N-methyl/N-ethyl adjacent to an activating group) is 1. The number of rotatable bonds is 10. The summed E-state index contributed by atoms with van der Waals surface area (Å²) in [5, 5.41) is 25.5. The predicted octanol–water partition coefficient (Wildman–Crippen LogP) is 1.68. The van der Waals surface area contributed by atoms with E-state index >= 15 is 0 Å². The van der Waals surface area contributed by atoms with E-state index in [9.17, 15) is 19.5 Å². The number of aliphatic carboxylic acids is 1. The molecule has 0 saturated carbocycles. The van der Waals surface area contributed by atoms with E-state index in [1.807, 2.05) is 12.1 Å². The van der Waals surface area contributed by atoms with Crippen molar-refractivity contribution in [1.29, 1.82) is 0 Å². The van der Waals surface area contributed by atoms with Gasteiger partial charge in [0.1, 0.15) is 40.5 Å². The van der Waals surface area contributed by atoms with E-state index in [2.05, 4.69) is 30.9 Å². The highest BCUT2D eigenvalue weighted by atomic mass is 32.2. The molecule has 1 fully saturated rings. The molecule has 42 heavy (non-hydrogen) atoms. The lowest BCUT2D eigenvalue weighted by molar-refractivity contribution is -0.150. The number of pyridine rings is 1. The molecule has 5 heterocycles. The summed E-state index contributed by atoms with van der Waals surface area (Å²) in [4.78, 5) is 53.4. The van der Waals surface area contributed by atoms with Crippen LogP contribution in [0.15, 0.2) is 55.8 Å². The number of amides is 2. The van der Waals surface area contributed by atoms with Crippen LogP contribution in [0.1, 0.15) is 22.7 Å². The molecule has 0 aromatic carbocycles. The van der Waals surface area contributed by atoms with Crippen molar-refractivity contribution < 1.29 is 28.9 Å². The summed E-state index contributed by atoms with van der Waals surface area (Å²) >= 11 is 3.81. The van der Waals surface area contributed by atoms with Crippen LogP contribution >= 0.6 is 34.9 Å². The van der Waals surface area contributed by atoms with E-state index in [0.717, 1.165) is 16.2 Å². The number of nitrogens with one attached hydrogen (secondary N) is 2.